The number of halogens is 1. The minimum absolute atomic E-state index is 0.174. The first-order valence-electron chi connectivity index (χ1n) is 7.85. The molecule has 0 spiro atoms. The van der Waals surface area contributed by atoms with Gasteiger partial charge in [-0.3, -0.25) is 9.59 Å². The molecule has 0 aromatic heterocycles. The lowest BCUT2D eigenvalue weighted by molar-refractivity contribution is -0.122. The summed E-state index contributed by atoms with van der Waals surface area (Å²) < 4.78 is 16.1. The van der Waals surface area contributed by atoms with Gasteiger partial charge in [0.25, 0.3) is 5.91 Å². The van der Waals surface area contributed by atoms with E-state index >= 15 is 0 Å². The standard InChI is InChI=1S/C19H20ClNO5/c1-11(22)15-7-6-14(24-3)10-18(15)26-12(2)19(23)21-16-9-13(20)5-8-17(16)25-4/h5-10,12H,1-4H3,(H,21,23). The van der Waals surface area contributed by atoms with Crippen LogP contribution in [0.25, 0.3) is 0 Å². The first kappa shape index (κ1) is 19.6. The maximum Gasteiger partial charge on any atom is 0.265 e. The number of hydrogen-bond donors (Lipinski definition) is 1. The summed E-state index contributed by atoms with van der Waals surface area (Å²) in [5, 5.41) is 3.17. The van der Waals surface area contributed by atoms with E-state index in [1.165, 1.54) is 21.1 Å². The van der Waals surface area contributed by atoms with Crippen LogP contribution in [-0.2, 0) is 4.79 Å². The molecular formula is C19H20ClNO5. The predicted molar refractivity (Wildman–Crippen MR) is 99.7 cm³/mol. The highest BCUT2D eigenvalue weighted by Crippen LogP contribution is 2.29. The third-order valence-electron chi connectivity index (χ3n) is 3.66. The number of amides is 1. The summed E-state index contributed by atoms with van der Waals surface area (Å²) in [4.78, 5) is 24.3. The van der Waals surface area contributed by atoms with Gasteiger partial charge < -0.3 is 19.5 Å². The van der Waals surface area contributed by atoms with Crippen molar-refractivity contribution in [2.75, 3.05) is 19.5 Å². The summed E-state index contributed by atoms with van der Waals surface area (Å²) >= 11 is 5.97. The van der Waals surface area contributed by atoms with Crippen LogP contribution in [0, 0.1) is 0 Å². The molecule has 1 atom stereocenters. The molecule has 0 saturated heterocycles. The molecule has 0 bridgehead atoms. The number of hydrogen-bond acceptors (Lipinski definition) is 5. The first-order valence-corrected chi connectivity index (χ1v) is 8.23. The van der Waals surface area contributed by atoms with Gasteiger partial charge in [0.1, 0.15) is 17.2 Å². The van der Waals surface area contributed by atoms with Crippen LogP contribution in [0.15, 0.2) is 36.4 Å². The minimum atomic E-state index is -0.871. The van der Waals surface area contributed by atoms with E-state index in [1.807, 2.05) is 0 Å². The van der Waals surface area contributed by atoms with Crippen molar-refractivity contribution in [1.82, 2.24) is 0 Å². The lowest BCUT2D eigenvalue weighted by atomic mass is 10.1. The third kappa shape index (κ3) is 4.67. The zero-order valence-corrected chi connectivity index (χ0v) is 15.7. The van der Waals surface area contributed by atoms with E-state index in [0.717, 1.165) is 0 Å². The molecule has 0 radical (unpaired) electrons. The van der Waals surface area contributed by atoms with Gasteiger partial charge in [0, 0.05) is 11.1 Å². The van der Waals surface area contributed by atoms with Crippen molar-refractivity contribution in [3.8, 4) is 17.2 Å². The molecule has 7 heteroatoms. The summed E-state index contributed by atoms with van der Waals surface area (Å²) in [7, 11) is 3.00. The molecule has 26 heavy (non-hydrogen) atoms. The lowest BCUT2D eigenvalue weighted by Crippen LogP contribution is -2.30. The Bertz CT molecular complexity index is 822. The van der Waals surface area contributed by atoms with Gasteiger partial charge in [-0.25, -0.2) is 0 Å². The van der Waals surface area contributed by atoms with Gasteiger partial charge in [-0.15, -0.1) is 0 Å². The molecule has 1 amide bonds. The Labute approximate surface area is 157 Å². The van der Waals surface area contributed by atoms with Crippen LogP contribution < -0.4 is 19.5 Å². The van der Waals surface area contributed by atoms with Crippen molar-refractivity contribution < 1.29 is 23.8 Å². The van der Waals surface area contributed by atoms with Crippen LogP contribution in [0.2, 0.25) is 5.02 Å². The van der Waals surface area contributed by atoms with Gasteiger partial charge in [0.2, 0.25) is 0 Å². The topological polar surface area (TPSA) is 73.9 Å². The second kappa shape index (κ2) is 8.58. The number of ether oxygens (including phenoxy) is 3. The van der Waals surface area contributed by atoms with Gasteiger partial charge in [-0.1, -0.05) is 11.6 Å². The smallest absolute Gasteiger partial charge is 0.265 e. The molecule has 6 nitrogen and oxygen atoms in total. The van der Waals surface area contributed by atoms with E-state index in [-0.39, 0.29) is 11.5 Å². The molecule has 0 fully saturated rings. The van der Waals surface area contributed by atoms with Gasteiger partial charge in [0.05, 0.1) is 25.5 Å². The number of rotatable bonds is 7. The summed E-state index contributed by atoms with van der Waals surface area (Å²) in [6.45, 7) is 3.01. The fourth-order valence-corrected chi connectivity index (χ4v) is 2.45. The van der Waals surface area contributed by atoms with E-state index in [4.69, 9.17) is 25.8 Å². The van der Waals surface area contributed by atoms with Gasteiger partial charge in [-0.2, -0.15) is 0 Å². The molecule has 0 saturated carbocycles. The Kier molecular flexibility index (Phi) is 6.46. The number of nitrogens with one attached hydrogen (secondary N) is 1. The fourth-order valence-electron chi connectivity index (χ4n) is 2.27. The Hall–Kier alpha value is -2.73. The highest BCUT2D eigenvalue weighted by molar-refractivity contribution is 6.31. The van der Waals surface area contributed by atoms with E-state index in [1.54, 1.807) is 43.3 Å². The summed E-state index contributed by atoms with van der Waals surface area (Å²) in [5.74, 6) is 0.682. The first-order chi connectivity index (χ1) is 12.3. The maximum absolute atomic E-state index is 12.5. The second-order valence-electron chi connectivity index (χ2n) is 5.51. The Morgan fingerprint density at radius 1 is 1.04 bits per heavy atom. The van der Waals surface area contributed by atoms with Gasteiger partial charge in [-0.05, 0) is 44.2 Å². The highest BCUT2D eigenvalue weighted by atomic mass is 35.5. The van der Waals surface area contributed by atoms with Crippen LogP contribution in [0.4, 0.5) is 5.69 Å². The van der Waals surface area contributed by atoms with Crippen LogP contribution in [-0.4, -0.2) is 32.0 Å². The highest BCUT2D eigenvalue weighted by Gasteiger charge is 2.20. The molecule has 0 aliphatic heterocycles. The normalized spacial score (nSPS) is 11.4. The molecule has 0 aliphatic carbocycles. The number of ketones is 1. The van der Waals surface area contributed by atoms with Gasteiger partial charge in [0.15, 0.2) is 11.9 Å². The zero-order valence-electron chi connectivity index (χ0n) is 15.0. The summed E-state index contributed by atoms with van der Waals surface area (Å²) in [5.41, 5.74) is 0.795. The number of anilines is 1. The van der Waals surface area contributed by atoms with Crippen LogP contribution in [0.3, 0.4) is 0 Å². The van der Waals surface area contributed by atoms with Gasteiger partial charge >= 0.3 is 0 Å². The number of carbonyl (C=O) groups is 2. The molecule has 1 unspecified atom stereocenters. The van der Waals surface area contributed by atoms with Crippen LogP contribution in [0.1, 0.15) is 24.2 Å². The van der Waals surface area contributed by atoms with Crippen molar-refractivity contribution in [2.24, 2.45) is 0 Å². The maximum atomic E-state index is 12.5. The van der Waals surface area contributed by atoms with Crippen molar-refractivity contribution in [2.45, 2.75) is 20.0 Å². The van der Waals surface area contributed by atoms with Crippen LogP contribution in [0.5, 0.6) is 17.2 Å². The van der Waals surface area contributed by atoms with Crippen molar-refractivity contribution >= 4 is 29.0 Å². The zero-order chi connectivity index (χ0) is 19.3. The number of benzene rings is 2. The van der Waals surface area contributed by atoms with Crippen molar-refractivity contribution in [3.05, 3.63) is 47.0 Å². The Balaban J connectivity index is 2.20. The molecule has 138 valence electrons. The van der Waals surface area contributed by atoms with E-state index in [2.05, 4.69) is 5.32 Å². The number of carbonyl (C=O) groups excluding carboxylic acids is 2. The Morgan fingerprint density at radius 3 is 2.38 bits per heavy atom. The number of Topliss-reactive ketones (excluding diaryl/α,β-unsaturated/α-hetero) is 1. The summed E-state index contributed by atoms with van der Waals surface area (Å²) in [6, 6.07) is 9.72. The monoisotopic (exact) mass is 377 g/mol. The quantitative estimate of drug-likeness (QED) is 0.739. The van der Waals surface area contributed by atoms with Crippen molar-refractivity contribution in [1.29, 1.82) is 0 Å². The molecule has 2 aromatic carbocycles. The molecular weight excluding hydrogens is 358 g/mol. The third-order valence-corrected chi connectivity index (χ3v) is 3.90. The van der Waals surface area contributed by atoms with E-state index in [0.29, 0.717) is 27.8 Å². The lowest BCUT2D eigenvalue weighted by Gasteiger charge is -2.18. The molecule has 2 rings (SSSR count). The van der Waals surface area contributed by atoms with E-state index in [9.17, 15) is 9.59 Å². The number of methoxy groups -OCH3 is 2. The SMILES string of the molecule is COc1ccc(C(C)=O)c(OC(C)C(=O)Nc2cc(Cl)ccc2OC)c1. The Morgan fingerprint density at radius 2 is 1.77 bits per heavy atom. The summed E-state index contributed by atoms with van der Waals surface area (Å²) in [6.07, 6.45) is -0.871. The fraction of sp³-hybridized carbons (Fsp3) is 0.263. The molecule has 0 heterocycles. The molecule has 0 aliphatic rings. The minimum Gasteiger partial charge on any atom is -0.497 e. The largest absolute Gasteiger partial charge is 0.497 e. The van der Waals surface area contributed by atoms with E-state index < -0.39 is 12.0 Å². The molecule has 1 N–H and O–H groups in total. The molecule has 2 aromatic rings. The average molecular weight is 378 g/mol. The second-order valence-corrected chi connectivity index (χ2v) is 5.95. The average Bonchev–Trinajstić information content (AvgIpc) is 2.61. The van der Waals surface area contributed by atoms with Crippen molar-refractivity contribution in [3.63, 3.8) is 0 Å². The predicted octanol–water partition coefficient (Wildman–Crippen LogP) is 3.97. The van der Waals surface area contributed by atoms with Crippen LogP contribution >= 0.6 is 11.6 Å².